The molecule has 0 saturated carbocycles. The topological polar surface area (TPSA) is 38.7 Å². The van der Waals surface area contributed by atoms with E-state index in [2.05, 4.69) is 7.05 Å². The van der Waals surface area contributed by atoms with Gasteiger partial charge in [-0.15, -0.1) is 0 Å². The van der Waals surface area contributed by atoms with Crippen LogP contribution in [0.2, 0.25) is 0 Å². The summed E-state index contributed by atoms with van der Waals surface area (Å²) in [5.74, 6) is 1.76. The van der Waals surface area contributed by atoms with Crippen molar-refractivity contribution in [1.82, 2.24) is 0 Å². The molecule has 23 heavy (non-hydrogen) atoms. The van der Waals surface area contributed by atoms with Crippen LogP contribution in [0.25, 0.3) is 0 Å². The van der Waals surface area contributed by atoms with Crippen molar-refractivity contribution < 1.29 is 19.1 Å². The van der Waals surface area contributed by atoms with Gasteiger partial charge in [0, 0.05) is 0 Å². The molecule has 2 aromatic carbocycles. The molecule has 0 atom stereocenters. The van der Waals surface area contributed by atoms with Crippen LogP contribution in [0.3, 0.4) is 0 Å². The molecule has 0 saturated heterocycles. The molecule has 0 aliphatic carbocycles. The van der Waals surface area contributed by atoms with Gasteiger partial charge in [-0.1, -0.05) is 36.4 Å². The third-order valence-corrected chi connectivity index (χ3v) is 3.93. The van der Waals surface area contributed by atoms with Crippen LogP contribution in [0.4, 0.5) is 0 Å². The van der Waals surface area contributed by atoms with E-state index in [1.807, 2.05) is 60.7 Å². The first-order valence-electron chi connectivity index (χ1n) is 8.02. The molecule has 2 rings (SSSR count). The van der Waals surface area contributed by atoms with Crippen molar-refractivity contribution in [2.45, 2.75) is 0 Å². The number of quaternary nitrogens is 1. The van der Waals surface area contributed by atoms with Crippen molar-refractivity contribution >= 4 is 0 Å². The molecule has 0 heterocycles. The van der Waals surface area contributed by atoms with Crippen LogP contribution in [0.5, 0.6) is 11.5 Å². The predicted molar refractivity (Wildman–Crippen MR) is 91.7 cm³/mol. The molecule has 4 nitrogen and oxygen atoms in total. The highest BCUT2D eigenvalue weighted by Gasteiger charge is 2.21. The molecule has 0 unspecified atom stereocenters. The van der Waals surface area contributed by atoms with Crippen LogP contribution in [0.1, 0.15) is 0 Å². The third kappa shape index (κ3) is 6.30. The Balaban J connectivity index is 1.78. The molecule has 0 spiro atoms. The zero-order valence-electron chi connectivity index (χ0n) is 13.7. The SMILES string of the molecule is C[N+](CCO)(CCOc1ccccc1)CCOc1ccccc1. The van der Waals surface area contributed by atoms with Gasteiger partial charge >= 0.3 is 0 Å². The summed E-state index contributed by atoms with van der Waals surface area (Å²) in [6.07, 6.45) is 0. The highest BCUT2D eigenvalue weighted by atomic mass is 16.5. The van der Waals surface area contributed by atoms with Gasteiger partial charge in [0.2, 0.25) is 0 Å². The molecular formula is C19H26NO3+. The van der Waals surface area contributed by atoms with Gasteiger partial charge in [-0.3, -0.25) is 0 Å². The monoisotopic (exact) mass is 316 g/mol. The number of hydrogen-bond donors (Lipinski definition) is 1. The maximum Gasteiger partial charge on any atom is 0.137 e. The second kappa shape index (κ2) is 9.18. The smallest absolute Gasteiger partial charge is 0.137 e. The number of nitrogens with zero attached hydrogens (tertiary/aromatic N) is 1. The summed E-state index contributed by atoms with van der Waals surface area (Å²) in [4.78, 5) is 0. The predicted octanol–water partition coefficient (Wildman–Crippen LogP) is 2.58. The van der Waals surface area contributed by atoms with Crippen LogP contribution in [0, 0.1) is 0 Å². The van der Waals surface area contributed by atoms with Crippen molar-refractivity contribution in [2.24, 2.45) is 0 Å². The Bertz CT molecular complexity index is 500. The van der Waals surface area contributed by atoms with Crippen molar-refractivity contribution in [3.05, 3.63) is 60.7 Å². The number of para-hydroxylation sites is 2. The van der Waals surface area contributed by atoms with E-state index in [0.717, 1.165) is 29.1 Å². The van der Waals surface area contributed by atoms with Gasteiger partial charge in [-0.25, -0.2) is 0 Å². The minimum Gasteiger partial charge on any atom is -0.488 e. The molecule has 0 radical (unpaired) electrons. The van der Waals surface area contributed by atoms with Crippen molar-refractivity contribution in [3.63, 3.8) is 0 Å². The quantitative estimate of drug-likeness (QED) is 0.685. The lowest BCUT2D eigenvalue weighted by Gasteiger charge is -2.33. The minimum absolute atomic E-state index is 0.160. The molecule has 0 aliphatic heterocycles. The van der Waals surface area contributed by atoms with Crippen molar-refractivity contribution in [1.29, 1.82) is 0 Å². The van der Waals surface area contributed by atoms with E-state index in [0.29, 0.717) is 19.8 Å². The molecule has 124 valence electrons. The van der Waals surface area contributed by atoms with Crippen molar-refractivity contribution in [3.8, 4) is 11.5 Å². The Labute approximate surface area is 138 Å². The van der Waals surface area contributed by atoms with Gasteiger partial charge in [0.1, 0.15) is 44.3 Å². The third-order valence-electron chi connectivity index (χ3n) is 3.93. The minimum atomic E-state index is 0.160. The van der Waals surface area contributed by atoms with Gasteiger partial charge in [0.05, 0.1) is 13.7 Å². The van der Waals surface area contributed by atoms with E-state index in [4.69, 9.17) is 9.47 Å². The Kier molecular flexibility index (Phi) is 6.91. The fraction of sp³-hybridized carbons (Fsp3) is 0.368. The standard InChI is InChI=1S/C19H26NO3/c1-20(12-15-21,13-16-22-18-8-4-2-5-9-18)14-17-23-19-10-6-3-7-11-19/h2-11,21H,12-17H2,1H3/q+1. The Morgan fingerprint density at radius 2 is 1.17 bits per heavy atom. The van der Waals surface area contributed by atoms with Gasteiger partial charge in [-0.2, -0.15) is 0 Å². The second-order valence-corrected chi connectivity index (χ2v) is 5.84. The van der Waals surface area contributed by atoms with Crippen LogP contribution in [0.15, 0.2) is 60.7 Å². The molecule has 2 aromatic rings. The van der Waals surface area contributed by atoms with Crippen LogP contribution in [-0.2, 0) is 0 Å². The van der Waals surface area contributed by atoms with Gasteiger partial charge in [0.25, 0.3) is 0 Å². The number of aliphatic hydroxyl groups excluding tert-OH is 1. The van der Waals surface area contributed by atoms with Crippen LogP contribution < -0.4 is 9.47 Å². The van der Waals surface area contributed by atoms with Crippen LogP contribution >= 0.6 is 0 Å². The summed E-state index contributed by atoms with van der Waals surface area (Å²) >= 11 is 0. The highest BCUT2D eigenvalue weighted by molar-refractivity contribution is 5.21. The molecule has 0 amide bonds. The number of hydrogen-bond acceptors (Lipinski definition) is 3. The van der Waals surface area contributed by atoms with Gasteiger partial charge < -0.3 is 19.1 Å². The van der Waals surface area contributed by atoms with Gasteiger partial charge in [0.15, 0.2) is 0 Å². The molecule has 0 aliphatic rings. The number of rotatable bonds is 10. The summed E-state index contributed by atoms with van der Waals surface area (Å²) in [6, 6.07) is 19.6. The number of aliphatic hydroxyl groups is 1. The zero-order chi connectivity index (χ0) is 16.4. The highest BCUT2D eigenvalue weighted by Crippen LogP contribution is 2.11. The first kappa shape index (κ1) is 17.3. The first-order valence-corrected chi connectivity index (χ1v) is 8.02. The Morgan fingerprint density at radius 3 is 1.57 bits per heavy atom. The average Bonchev–Trinajstić information content (AvgIpc) is 2.57. The Morgan fingerprint density at radius 1 is 0.739 bits per heavy atom. The lowest BCUT2D eigenvalue weighted by molar-refractivity contribution is -0.909. The van der Waals surface area contributed by atoms with Crippen LogP contribution in [-0.4, -0.2) is 56.1 Å². The first-order chi connectivity index (χ1) is 11.2. The Hall–Kier alpha value is -2.04. The van der Waals surface area contributed by atoms with E-state index >= 15 is 0 Å². The van der Waals surface area contributed by atoms with E-state index in [-0.39, 0.29) is 6.61 Å². The molecule has 0 bridgehead atoms. The zero-order valence-corrected chi connectivity index (χ0v) is 13.7. The average molecular weight is 316 g/mol. The number of likely N-dealkylation sites (N-methyl/N-ethyl adjacent to an activating group) is 1. The number of benzene rings is 2. The van der Waals surface area contributed by atoms with E-state index < -0.39 is 0 Å². The second-order valence-electron chi connectivity index (χ2n) is 5.84. The van der Waals surface area contributed by atoms with E-state index in [9.17, 15) is 5.11 Å². The molecule has 0 fully saturated rings. The van der Waals surface area contributed by atoms with E-state index in [1.165, 1.54) is 0 Å². The van der Waals surface area contributed by atoms with Gasteiger partial charge in [-0.05, 0) is 24.3 Å². The maximum atomic E-state index is 9.34. The lowest BCUT2D eigenvalue weighted by atomic mass is 10.3. The summed E-state index contributed by atoms with van der Waals surface area (Å²) in [5, 5.41) is 9.34. The summed E-state index contributed by atoms with van der Waals surface area (Å²) in [7, 11) is 2.12. The lowest BCUT2D eigenvalue weighted by Crippen LogP contribution is -2.50. The fourth-order valence-corrected chi connectivity index (χ4v) is 2.38. The van der Waals surface area contributed by atoms with E-state index in [1.54, 1.807) is 0 Å². The summed E-state index contributed by atoms with van der Waals surface area (Å²) in [5.41, 5.74) is 0. The fourth-order valence-electron chi connectivity index (χ4n) is 2.38. The van der Waals surface area contributed by atoms with Crippen molar-refractivity contribution in [2.75, 3.05) is 46.5 Å². The molecule has 0 aromatic heterocycles. The molecular weight excluding hydrogens is 290 g/mol. The number of ether oxygens (including phenoxy) is 2. The maximum absolute atomic E-state index is 9.34. The molecule has 1 N–H and O–H groups in total. The molecule has 4 heteroatoms. The normalized spacial score (nSPS) is 11.2. The largest absolute Gasteiger partial charge is 0.488 e. The summed E-state index contributed by atoms with van der Waals surface area (Å²) < 4.78 is 12.3. The summed E-state index contributed by atoms with van der Waals surface area (Å²) in [6.45, 7) is 3.74.